The summed E-state index contributed by atoms with van der Waals surface area (Å²) in [5, 5.41) is 5.33. The molecule has 0 saturated carbocycles. The summed E-state index contributed by atoms with van der Waals surface area (Å²) in [5.41, 5.74) is 6.62. The Kier molecular flexibility index (Phi) is 6.61. The fraction of sp³-hybridized carbons (Fsp3) is 0.579. The van der Waals surface area contributed by atoms with Gasteiger partial charge in [0.2, 0.25) is 10.0 Å². The summed E-state index contributed by atoms with van der Waals surface area (Å²) in [7, 11) is -2.87. The molecule has 9 nitrogen and oxygen atoms in total. The molecule has 0 aliphatic carbocycles. The van der Waals surface area contributed by atoms with Gasteiger partial charge in [0.05, 0.1) is 29.7 Å². The Labute approximate surface area is 171 Å². The normalized spacial score (nSPS) is 20.3. The van der Waals surface area contributed by atoms with Gasteiger partial charge in [-0.3, -0.25) is 4.79 Å². The summed E-state index contributed by atoms with van der Waals surface area (Å²) in [5.74, 6) is -1.35. The number of sulfonamides is 1. The van der Waals surface area contributed by atoms with E-state index >= 15 is 0 Å². The van der Waals surface area contributed by atoms with Crippen LogP contribution in [0.1, 0.15) is 49.5 Å². The molecule has 1 fully saturated rings. The molecule has 1 saturated heterocycles. The zero-order valence-corrected chi connectivity index (χ0v) is 18.2. The van der Waals surface area contributed by atoms with Gasteiger partial charge >= 0.3 is 11.9 Å². The molecule has 10 heteroatoms. The molecule has 0 bridgehead atoms. The van der Waals surface area contributed by atoms with Crippen molar-refractivity contribution in [2.75, 3.05) is 18.6 Å². The highest BCUT2D eigenvalue weighted by Gasteiger charge is 2.34. The Morgan fingerprint density at radius 2 is 1.86 bits per heavy atom. The first-order valence-electron chi connectivity index (χ1n) is 9.25. The third kappa shape index (κ3) is 5.46. The summed E-state index contributed by atoms with van der Waals surface area (Å²) in [4.78, 5) is 26.0. The number of carbonyl (C=O) groups is 2. The first-order valence-corrected chi connectivity index (χ1v) is 10.8. The van der Waals surface area contributed by atoms with Crippen molar-refractivity contribution >= 4 is 27.6 Å². The number of nitrogens with zero attached hydrogens (tertiary/aromatic N) is 1. The van der Waals surface area contributed by atoms with E-state index in [0.29, 0.717) is 30.6 Å². The summed E-state index contributed by atoms with van der Waals surface area (Å²) < 4.78 is 34.2. The van der Waals surface area contributed by atoms with E-state index < -0.39 is 27.8 Å². The molecule has 0 amide bonds. The molecule has 4 N–H and O–H groups in total. The third-order valence-corrected chi connectivity index (χ3v) is 5.79. The van der Waals surface area contributed by atoms with Gasteiger partial charge in [-0.1, -0.05) is 0 Å². The van der Waals surface area contributed by atoms with Gasteiger partial charge in [-0.2, -0.15) is 0 Å². The standard InChI is InChI=1S/C19H29N3O6S/c1-11-14(8-13(17(23)27-5)9-15(11)29(21,25)26)22-7-6-12(10-16(22)20)18(24)28-19(2,3)4/h8-9,12,16H,6-7,10,20H2,1-5H3,(H2,21,25,26). The Morgan fingerprint density at radius 3 is 2.34 bits per heavy atom. The monoisotopic (exact) mass is 427 g/mol. The van der Waals surface area contributed by atoms with E-state index in [-0.39, 0.29) is 22.3 Å². The van der Waals surface area contributed by atoms with Crippen molar-refractivity contribution in [3.8, 4) is 0 Å². The van der Waals surface area contributed by atoms with E-state index in [1.807, 2.05) is 0 Å². The van der Waals surface area contributed by atoms with Gasteiger partial charge in [-0.25, -0.2) is 18.4 Å². The first-order chi connectivity index (χ1) is 13.2. The minimum atomic E-state index is -4.07. The van der Waals surface area contributed by atoms with Crippen LogP contribution in [-0.2, 0) is 24.3 Å². The van der Waals surface area contributed by atoms with Crippen LogP contribution in [0.5, 0.6) is 0 Å². The molecule has 0 radical (unpaired) electrons. The van der Waals surface area contributed by atoms with Crippen molar-refractivity contribution in [2.24, 2.45) is 16.8 Å². The molecule has 0 aromatic heterocycles. The Balaban J connectivity index is 2.37. The van der Waals surface area contributed by atoms with Crippen LogP contribution in [0.15, 0.2) is 17.0 Å². The van der Waals surface area contributed by atoms with Crippen LogP contribution >= 0.6 is 0 Å². The average molecular weight is 428 g/mol. The number of nitrogens with two attached hydrogens (primary N) is 2. The number of primary sulfonamides is 1. The summed E-state index contributed by atoms with van der Waals surface area (Å²) in [6.45, 7) is 7.40. The molecule has 1 aromatic carbocycles. The van der Waals surface area contributed by atoms with Gasteiger partial charge in [0.15, 0.2) is 0 Å². The molecule has 1 aromatic rings. The molecule has 2 rings (SSSR count). The highest BCUT2D eigenvalue weighted by atomic mass is 32.2. The predicted molar refractivity (Wildman–Crippen MR) is 108 cm³/mol. The van der Waals surface area contributed by atoms with E-state index in [0.717, 1.165) is 0 Å². The molecule has 0 spiro atoms. The number of hydrogen-bond acceptors (Lipinski definition) is 8. The van der Waals surface area contributed by atoms with Crippen LogP contribution in [-0.4, -0.2) is 45.8 Å². The van der Waals surface area contributed by atoms with Crippen LogP contribution in [0.3, 0.4) is 0 Å². The SMILES string of the molecule is COC(=O)c1cc(N2CCC(C(=O)OC(C)(C)C)CC2N)c(C)c(S(N)(=O)=O)c1. The second-order valence-electron chi connectivity index (χ2n) is 8.17. The summed E-state index contributed by atoms with van der Waals surface area (Å²) in [6.07, 6.45) is 0.248. The lowest BCUT2D eigenvalue weighted by atomic mass is 9.93. The van der Waals surface area contributed by atoms with Gasteiger partial charge in [-0.05, 0) is 58.2 Å². The number of esters is 2. The third-order valence-electron chi connectivity index (χ3n) is 4.75. The van der Waals surface area contributed by atoms with Crippen LogP contribution in [0.4, 0.5) is 5.69 Å². The van der Waals surface area contributed by atoms with E-state index in [1.165, 1.54) is 19.2 Å². The smallest absolute Gasteiger partial charge is 0.337 e. The van der Waals surface area contributed by atoms with E-state index in [2.05, 4.69) is 0 Å². The largest absolute Gasteiger partial charge is 0.465 e. The number of anilines is 1. The fourth-order valence-corrected chi connectivity index (χ4v) is 4.22. The maximum Gasteiger partial charge on any atom is 0.337 e. The van der Waals surface area contributed by atoms with Gasteiger partial charge in [0.1, 0.15) is 5.60 Å². The molecule has 2 atom stereocenters. The van der Waals surface area contributed by atoms with Crippen molar-refractivity contribution in [2.45, 2.75) is 57.2 Å². The van der Waals surface area contributed by atoms with Crippen LogP contribution in [0.2, 0.25) is 0 Å². The van der Waals surface area contributed by atoms with Crippen LogP contribution in [0.25, 0.3) is 0 Å². The molecular weight excluding hydrogens is 398 g/mol. The highest BCUT2D eigenvalue weighted by molar-refractivity contribution is 7.89. The van der Waals surface area contributed by atoms with E-state index in [1.54, 1.807) is 32.6 Å². The fourth-order valence-electron chi connectivity index (χ4n) is 3.40. The molecular formula is C19H29N3O6S. The number of ether oxygens (including phenoxy) is 2. The van der Waals surface area contributed by atoms with Crippen molar-refractivity contribution in [3.63, 3.8) is 0 Å². The lowest BCUT2D eigenvalue weighted by Crippen LogP contribution is -2.50. The first kappa shape index (κ1) is 23.1. The van der Waals surface area contributed by atoms with Gasteiger partial charge in [0.25, 0.3) is 0 Å². The average Bonchev–Trinajstić information content (AvgIpc) is 2.59. The van der Waals surface area contributed by atoms with Crippen LogP contribution in [0, 0.1) is 12.8 Å². The van der Waals surface area contributed by atoms with Crippen LogP contribution < -0.4 is 15.8 Å². The molecule has 29 heavy (non-hydrogen) atoms. The van der Waals surface area contributed by atoms with E-state index in [4.69, 9.17) is 20.3 Å². The number of carbonyl (C=O) groups excluding carboxylic acids is 2. The molecule has 1 aliphatic rings. The van der Waals surface area contributed by atoms with Gasteiger partial charge < -0.3 is 20.1 Å². The second kappa shape index (κ2) is 8.29. The Hall–Kier alpha value is -2.17. The Bertz CT molecular complexity index is 907. The van der Waals surface area contributed by atoms with Crippen molar-refractivity contribution in [1.29, 1.82) is 0 Å². The number of piperidine rings is 1. The minimum absolute atomic E-state index is 0.0543. The number of rotatable bonds is 4. The van der Waals surface area contributed by atoms with Gasteiger partial charge in [-0.15, -0.1) is 0 Å². The van der Waals surface area contributed by atoms with Crippen molar-refractivity contribution in [1.82, 2.24) is 0 Å². The number of benzene rings is 1. The zero-order chi connectivity index (χ0) is 22.1. The molecule has 1 heterocycles. The number of hydrogen-bond donors (Lipinski definition) is 2. The lowest BCUT2D eigenvalue weighted by Gasteiger charge is -2.39. The van der Waals surface area contributed by atoms with E-state index in [9.17, 15) is 18.0 Å². The quantitative estimate of drug-likeness (QED) is 0.684. The predicted octanol–water partition coefficient (Wildman–Crippen LogP) is 1.27. The highest BCUT2D eigenvalue weighted by Crippen LogP contribution is 2.33. The zero-order valence-electron chi connectivity index (χ0n) is 17.4. The molecule has 1 aliphatic heterocycles. The van der Waals surface area contributed by atoms with Gasteiger partial charge in [0, 0.05) is 12.2 Å². The summed E-state index contributed by atoms with van der Waals surface area (Å²) >= 11 is 0. The Morgan fingerprint density at radius 1 is 1.24 bits per heavy atom. The maximum atomic E-state index is 12.4. The maximum absolute atomic E-state index is 12.4. The van der Waals surface area contributed by atoms with Crippen molar-refractivity contribution in [3.05, 3.63) is 23.3 Å². The molecule has 2 unspecified atom stereocenters. The summed E-state index contributed by atoms with van der Waals surface area (Å²) in [6, 6.07) is 2.72. The second-order valence-corrected chi connectivity index (χ2v) is 9.70. The molecule has 162 valence electrons. The lowest BCUT2D eigenvalue weighted by molar-refractivity contribution is -0.161. The topological polar surface area (TPSA) is 142 Å². The minimum Gasteiger partial charge on any atom is -0.465 e. The number of methoxy groups -OCH3 is 1. The van der Waals surface area contributed by atoms with Crippen molar-refractivity contribution < 1.29 is 27.5 Å².